The molecule has 0 amide bonds. The summed E-state index contributed by atoms with van der Waals surface area (Å²) in [5.74, 6) is 1.68. The molecular weight excluding hydrogens is 321 g/mol. The predicted molar refractivity (Wildman–Crippen MR) is 95.3 cm³/mol. The van der Waals surface area contributed by atoms with Crippen LogP contribution < -0.4 is 19.5 Å². The Balaban J connectivity index is 2.05. The average molecular weight is 345 g/mol. The lowest BCUT2D eigenvalue weighted by molar-refractivity contribution is 0.286. The number of benzene rings is 2. The number of hydrogen-bond acceptors (Lipinski definition) is 4. The van der Waals surface area contributed by atoms with Crippen LogP contribution in [0.5, 0.6) is 17.2 Å². The van der Waals surface area contributed by atoms with Gasteiger partial charge in [0, 0.05) is 18.2 Å². The van der Waals surface area contributed by atoms with Gasteiger partial charge in [-0.05, 0) is 49.6 Å². The van der Waals surface area contributed by atoms with Crippen molar-refractivity contribution in [2.75, 3.05) is 26.9 Å². The fourth-order valence-electron chi connectivity index (χ4n) is 3.25. The van der Waals surface area contributed by atoms with E-state index in [9.17, 15) is 4.39 Å². The molecule has 0 bridgehead atoms. The minimum atomic E-state index is -0.281. The van der Waals surface area contributed by atoms with Crippen molar-refractivity contribution < 1.29 is 18.6 Å². The van der Waals surface area contributed by atoms with Crippen molar-refractivity contribution in [2.24, 2.45) is 0 Å². The zero-order valence-electron chi connectivity index (χ0n) is 14.9. The summed E-state index contributed by atoms with van der Waals surface area (Å²) < 4.78 is 31.1. The number of rotatable bonds is 6. The molecule has 0 spiro atoms. The molecule has 3 rings (SSSR count). The van der Waals surface area contributed by atoms with Crippen LogP contribution >= 0.6 is 0 Å². The molecule has 2 aromatic rings. The van der Waals surface area contributed by atoms with E-state index in [-0.39, 0.29) is 11.9 Å². The molecule has 1 heterocycles. The molecule has 4 nitrogen and oxygen atoms in total. The van der Waals surface area contributed by atoms with Crippen molar-refractivity contribution >= 4 is 0 Å². The van der Waals surface area contributed by atoms with Crippen molar-refractivity contribution in [3.63, 3.8) is 0 Å². The largest absolute Gasteiger partial charge is 0.497 e. The number of fused-ring (bicyclic) bond motifs is 1. The number of nitrogens with one attached hydrogen (secondary N) is 1. The molecule has 1 aliphatic heterocycles. The van der Waals surface area contributed by atoms with Crippen LogP contribution in [-0.2, 0) is 6.42 Å². The third kappa shape index (κ3) is 3.56. The highest BCUT2D eigenvalue weighted by Gasteiger charge is 2.26. The predicted octanol–water partition coefficient (Wildman–Crippen LogP) is 3.87. The maximum absolute atomic E-state index is 14.6. The molecule has 0 radical (unpaired) electrons. The van der Waals surface area contributed by atoms with Crippen LogP contribution in [0.4, 0.5) is 4.39 Å². The van der Waals surface area contributed by atoms with Crippen LogP contribution in [0.25, 0.3) is 0 Å². The second kappa shape index (κ2) is 7.74. The lowest BCUT2D eigenvalue weighted by Gasteiger charge is -2.29. The van der Waals surface area contributed by atoms with Crippen molar-refractivity contribution in [3.8, 4) is 17.2 Å². The van der Waals surface area contributed by atoms with Crippen molar-refractivity contribution in [1.29, 1.82) is 0 Å². The van der Waals surface area contributed by atoms with Crippen molar-refractivity contribution in [3.05, 3.63) is 52.8 Å². The first-order valence-electron chi connectivity index (χ1n) is 8.67. The van der Waals surface area contributed by atoms with Crippen LogP contribution in [-0.4, -0.2) is 26.9 Å². The first-order chi connectivity index (χ1) is 12.2. The molecule has 5 heteroatoms. The quantitative estimate of drug-likeness (QED) is 0.863. The Morgan fingerprint density at radius 1 is 1.04 bits per heavy atom. The Hall–Kier alpha value is -2.27. The van der Waals surface area contributed by atoms with E-state index >= 15 is 0 Å². The lowest BCUT2D eigenvalue weighted by Crippen LogP contribution is -2.31. The maximum Gasteiger partial charge on any atom is 0.161 e. The topological polar surface area (TPSA) is 39.7 Å². The van der Waals surface area contributed by atoms with Gasteiger partial charge in [0.2, 0.25) is 0 Å². The number of ether oxygens (including phenoxy) is 3. The summed E-state index contributed by atoms with van der Waals surface area (Å²) in [5.41, 5.74) is 2.79. The third-order valence-corrected chi connectivity index (χ3v) is 4.38. The Bertz CT molecular complexity index is 748. The van der Waals surface area contributed by atoms with Crippen LogP contribution in [0, 0.1) is 5.82 Å². The van der Waals surface area contributed by atoms with Gasteiger partial charge in [-0.1, -0.05) is 6.07 Å². The summed E-state index contributed by atoms with van der Waals surface area (Å²) >= 11 is 0. The lowest BCUT2D eigenvalue weighted by atomic mass is 9.89. The molecule has 0 fully saturated rings. The first-order valence-corrected chi connectivity index (χ1v) is 8.67. The minimum Gasteiger partial charge on any atom is -0.497 e. The molecule has 0 aliphatic carbocycles. The Morgan fingerprint density at radius 3 is 2.40 bits per heavy atom. The second-order valence-corrected chi connectivity index (χ2v) is 5.89. The van der Waals surface area contributed by atoms with E-state index in [2.05, 4.69) is 5.32 Å². The molecule has 134 valence electrons. The van der Waals surface area contributed by atoms with Gasteiger partial charge >= 0.3 is 0 Å². The van der Waals surface area contributed by atoms with Crippen molar-refractivity contribution in [2.45, 2.75) is 26.3 Å². The van der Waals surface area contributed by atoms with Gasteiger partial charge in [-0.3, -0.25) is 0 Å². The summed E-state index contributed by atoms with van der Waals surface area (Å²) in [6.07, 6.45) is 0.871. The highest BCUT2D eigenvalue weighted by Crippen LogP contribution is 2.38. The van der Waals surface area contributed by atoms with E-state index in [0.717, 1.165) is 29.8 Å². The van der Waals surface area contributed by atoms with E-state index < -0.39 is 0 Å². The van der Waals surface area contributed by atoms with Crippen LogP contribution in [0.1, 0.15) is 36.6 Å². The van der Waals surface area contributed by atoms with Crippen LogP contribution in [0.2, 0.25) is 0 Å². The fourth-order valence-corrected chi connectivity index (χ4v) is 3.25. The van der Waals surface area contributed by atoms with Gasteiger partial charge in [-0.25, -0.2) is 4.39 Å². The number of halogens is 1. The standard InChI is InChI=1S/C20H24FNO3/c1-4-24-18-10-13-8-9-22-20(16(13)12-19(18)25-5-2)15-7-6-14(23-3)11-17(15)21/h6-7,10-12,20,22H,4-5,8-9H2,1-3H3/t20-/m0/s1. The van der Waals surface area contributed by atoms with E-state index in [1.165, 1.54) is 13.2 Å². The molecule has 1 N–H and O–H groups in total. The molecule has 2 aromatic carbocycles. The maximum atomic E-state index is 14.6. The van der Waals surface area contributed by atoms with Gasteiger partial charge in [0.1, 0.15) is 11.6 Å². The summed E-state index contributed by atoms with van der Waals surface area (Å²) in [6, 6.07) is 8.76. The van der Waals surface area contributed by atoms with Gasteiger partial charge in [-0.2, -0.15) is 0 Å². The van der Waals surface area contributed by atoms with Crippen LogP contribution in [0.15, 0.2) is 30.3 Å². The molecule has 0 saturated carbocycles. The summed E-state index contributed by atoms with van der Waals surface area (Å²) in [4.78, 5) is 0. The second-order valence-electron chi connectivity index (χ2n) is 5.89. The normalized spacial score (nSPS) is 16.2. The summed E-state index contributed by atoms with van der Waals surface area (Å²) in [6.45, 7) is 5.80. The smallest absolute Gasteiger partial charge is 0.161 e. The van der Waals surface area contributed by atoms with Gasteiger partial charge < -0.3 is 19.5 Å². The highest BCUT2D eigenvalue weighted by atomic mass is 19.1. The average Bonchev–Trinajstić information content (AvgIpc) is 2.62. The molecule has 0 aromatic heterocycles. The SMILES string of the molecule is CCOc1cc2c(cc1OCC)[C@H](c1ccc(OC)cc1F)NCC2. The zero-order chi connectivity index (χ0) is 17.8. The Morgan fingerprint density at radius 2 is 1.76 bits per heavy atom. The fraction of sp³-hybridized carbons (Fsp3) is 0.400. The number of methoxy groups -OCH3 is 1. The zero-order valence-corrected chi connectivity index (χ0v) is 14.9. The van der Waals surface area contributed by atoms with E-state index in [0.29, 0.717) is 30.3 Å². The Labute approximate surface area is 147 Å². The molecular formula is C20H24FNO3. The van der Waals surface area contributed by atoms with E-state index in [1.54, 1.807) is 12.1 Å². The van der Waals surface area contributed by atoms with Crippen LogP contribution in [0.3, 0.4) is 0 Å². The van der Waals surface area contributed by atoms with Gasteiger partial charge in [0.05, 0.1) is 26.4 Å². The Kier molecular flexibility index (Phi) is 5.43. The van der Waals surface area contributed by atoms with Gasteiger partial charge in [-0.15, -0.1) is 0 Å². The molecule has 1 aliphatic rings. The minimum absolute atomic E-state index is 0.218. The molecule has 0 unspecified atom stereocenters. The monoisotopic (exact) mass is 345 g/mol. The molecule has 0 saturated heterocycles. The summed E-state index contributed by atoms with van der Waals surface area (Å²) in [5, 5.41) is 3.41. The highest BCUT2D eigenvalue weighted by molar-refractivity contribution is 5.52. The van der Waals surface area contributed by atoms with Gasteiger partial charge in [0.15, 0.2) is 11.5 Å². The third-order valence-electron chi connectivity index (χ3n) is 4.38. The molecule has 1 atom stereocenters. The van der Waals surface area contributed by atoms with E-state index in [1.807, 2.05) is 26.0 Å². The van der Waals surface area contributed by atoms with Gasteiger partial charge in [0.25, 0.3) is 0 Å². The van der Waals surface area contributed by atoms with Crippen molar-refractivity contribution in [1.82, 2.24) is 5.32 Å². The first kappa shape index (κ1) is 17.5. The summed E-state index contributed by atoms with van der Waals surface area (Å²) in [7, 11) is 1.53. The van der Waals surface area contributed by atoms with E-state index in [4.69, 9.17) is 14.2 Å². The molecule has 25 heavy (non-hydrogen) atoms. The number of hydrogen-bond donors (Lipinski definition) is 1.